The van der Waals surface area contributed by atoms with Gasteiger partial charge in [0, 0.05) is 21.5 Å². The first-order valence-electron chi connectivity index (χ1n) is 9.07. The van der Waals surface area contributed by atoms with Crippen molar-refractivity contribution in [2.75, 3.05) is 20.1 Å². The molecule has 1 saturated heterocycles. The molecule has 0 N–H and O–H groups in total. The molecule has 0 radical (unpaired) electrons. The van der Waals surface area contributed by atoms with Crippen molar-refractivity contribution in [2.45, 2.75) is 55.3 Å². The van der Waals surface area contributed by atoms with Crippen LogP contribution in [0.3, 0.4) is 0 Å². The summed E-state index contributed by atoms with van der Waals surface area (Å²) in [7, 11) is 2.13. The Morgan fingerprint density at radius 2 is 1.78 bits per heavy atom. The first kappa shape index (κ1) is 20.7. The van der Waals surface area contributed by atoms with Gasteiger partial charge in [-0.2, -0.15) is 13.2 Å². The summed E-state index contributed by atoms with van der Waals surface area (Å²) in [6, 6.07) is 5.25. The summed E-state index contributed by atoms with van der Waals surface area (Å²) in [4.78, 5) is 8.34. The number of aromatic nitrogens is 1. The molecule has 2 nitrogen and oxygen atoms in total. The van der Waals surface area contributed by atoms with Gasteiger partial charge in [0.2, 0.25) is 0 Å². The summed E-state index contributed by atoms with van der Waals surface area (Å²) < 4.78 is 38.8. The van der Waals surface area contributed by atoms with Crippen LogP contribution in [0.2, 0.25) is 0 Å². The van der Waals surface area contributed by atoms with Crippen LogP contribution in [0.25, 0.3) is 10.6 Å². The van der Waals surface area contributed by atoms with Gasteiger partial charge in [-0.3, -0.25) is 0 Å². The zero-order chi connectivity index (χ0) is 19.8. The molecule has 0 aliphatic carbocycles. The smallest absolute Gasteiger partial charge is 0.306 e. The molecule has 1 aliphatic rings. The zero-order valence-electron chi connectivity index (χ0n) is 16.1. The fourth-order valence-electron chi connectivity index (χ4n) is 3.25. The third-order valence-corrected chi connectivity index (χ3v) is 6.81. The number of alkyl halides is 3. The van der Waals surface area contributed by atoms with Crippen molar-refractivity contribution in [3.05, 3.63) is 34.8 Å². The zero-order valence-corrected chi connectivity index (χ0v) is 17.7. The van der Waals surface area contributed by atoms with Crippen LogP contribution in [0.1, 0.15) is 50.0 Å². The second kappa shape index (κ2) is 7.76. The van der Waals surface area contributed by atoms with E-state index in [1.54, 1.807) is 23.5 Å². The highest BCUT2D eigenvalue weighted by Gasteiger charge is 2.30. The van der Waals surface area contributed by atoms with Gasteiger partial charge in [-0.1, -0.05) is 20.8 Å². The van der Waals surface area contributed by atoms with Gasteiger partial charge < -0.3 is 4.90 Å². The Bertz CT molecular complexity index is 785. The molecule has 1 fully saturated rings. The van der Waals surface area contributed by atoms with E-state index in [4.69, 9.17) is 0 Å². The summed E-state index contributed by atoms with van der Waals surface area (Å²) in [6.45, 7) is 8.19. The van der Waals surface area contributed by atoms with Crippen molar-refractivity contribution >= 4 is 23.1 Å². The number of benzene rings is 1. The predicted octanol–water partition coefficient (Wildman–Crippen LogP) is 6.53. The van der Waals surface area contributed by atoms with E-state index in [-0.39, 0.29) is 22.1 Å². The summed E-state index contributed by atoms with van der Waals surface area (Å²) >= 11 is 1.57. The van der Waals surface area contributed by atoms with Gasteiger partial charge in [0.25, 0.3) is 0 Å². The molecule has 27 heavy (non-hydrogen) atoms. The molecule has 0 spiro atoms. The van der Waals surface area contributed by atoms with Crippen LogP contribution < -0.4 is 0 Å². The highest BCUT2D eigenvalue weighted by molar-refractivity contribution is 8.00. The van der Waals surface area contributed by atoms with Crippen LogP contribution in [0, 0.1) is 0 Å². The van der Waals surface area contributed by atoms with Crippen molar-refractivity contribution < 1.29 is 13.2 Å². The molecule has 0 amide bonds. The van der Waals surface area contributed by atoms with E-state index < -0.39 is 5.51 Å². The maximum absolute atomic E-state index is 12.9. The first-order chi connectivity index (χ1) is 12.5. The van der Waals surface area contributed by atoms with E-state index >= 15 is 0 Å². The third-order valence-electron chi connectivity index (χ3n) is 4.90. The molecule has 1 aromatic heterocycles. The molecule has 0 unspecified atom stereocenters. The number of thiazole rings is 1. The minimum atomic E-state index is -4.30. The Morgan fingerprint density at radius 1 is 1.11 bits per heavy atom. The highest BCUT2D eigenvalue weighted by atomic mass is 32.2. The Morgan fingerprint density at radius 3 is 2.37 bits per heavy atom. The Hall–Kier alpha value is -1.05. The minimum absolute atomic E-state index is 0.0537. The minimum Gasteiger partial charge on any atom is -0.306 e. The molecule has 3 rings (SSSR count). The Kier molecular flexibility index (Phi) is 5.94. The topological polar surface area (TPSA) is 16.1 Å². The summed E-state index contributed by atoms with van der Waals surface area (Å²) in [5.41, 5.74) is -2.86. The second-order valence-corrected chi connectivity index (χ2v) is 10.4. The first-order valence-corrected chi connectivity index (χ1v) is 10.7. The van der Waals surface area contributed by atoms with Crippen molar-refractivity contribution in [1.29, 1.82) is 0 Å². The lowest BCUT2D eigenvalue weighted by Crippen LogP contribution is -2.28. The van der Waals surface area contributed by atoms with Gasteiger partial charge in [-0.15, -0.1) is 11.3 Å². The molecule has 7 heteroatoms. The number of likely N-dealkylation sites (tertiary alicyclic amines) is 1. The van der Waals surface area contributed by atoms with Gasteiger partial charge >= 0.3 is 5.51 Å². The van der Waals surface area contributed by atoms with Crippen LogP contribution >= 0.6 is 23.1 Å². The number of piperidine rings is 1. The van der Waals surface area contributed by atoms with Gasteiger partial charge in [-0.25, -0.2) is 4.98 Å². The number of hydrogen-bond donors (Lipinski definition) is 0. The van der Waals surface area contributed by atoms with Crippen LogP contribution in [-0.2, 0) is 5.41 Å². The van der Waals surface area contributed by atoms with Crippen molar-refractivity contribution in [3.8, 4) is 10.6 Å². The maximum Gasteiger partial charge on any atom is 0.446 e. The Labute approximate surface area is 167 Å². The van der Waals surface area contributed by atoms with Crippen molar-refractivity contribution in [1.82, 2.24) is 9.88 Å². The molecule has 1 aromatic carbocycles. The number of hydrogen-bond acceptors (Lipinski definition) is 4. The second-order valence-electron chi connectivity index (χ2n) is 8.19. The van der Waals surface area contributed by atoms with E-state index in [1.165, 1.54) is 4.88 Å². The third kappa shape index (κ3) is 5.48. The summed E-state index contributed by atoms with van der Waals surface area (Å²) in [6.07, 6.45) is 4.13. The molecular formula is C20H25F3N2S2. The van der Waals surface area contributed by atoms with Gasteiger partial charge in [-0.05, 0) is 79.8 Å². The lowest BCUT2D eigenvalue weighted by atomic mass is 9.86. The molecule has 0 atom stereocenters. The van der Waals surface area contributed by atoms with Gasteiger partial charge in [0.05, 0.1) is 0 Å². The maximum atomic E-state index is 12.9. The van der Waals surface area contributed by atoms with Crippen molar-refractivity contribution in [3.63, 3.8) is 0 Å². The largest absolute Gasteiger partial charge is 0.446 e. The van der Waals surface area contributed by atoms with E-state index in [0.717, 1.165) is 42.1 Å². The molecule has 2 heterocycles. The number of nitrogens with zero attached hydrogens (tertiary/aromatic N) is 2. The molecule has 2 aromatic rings. The standard InChI is InChI=1S/C20H25F3N2S2/c1-19(2,3)15-9-14(10-16(11-15)27-20(21,22)23)18-24-12-17(26-18)13-5-7-25(4)8-6-13/h9-13H,5-8H2,1-4H3. The Balaban J connectivity index is 1.92. The molecular weight excluding hydrogens is 389 g/mol. The van der Waals surface area contributed by atoms with Crippen LogP contribution in [-0.4, -0.2) is 35.5 Å². The lowest BCUT2D eigenvalue weighted by Gasteiger charge is -2.27. The molecule has 0 bridgehead atoms. The monoisotopic (exact) mass is 414 g/mol. The highest BCUT2D eigenvalue weighted by Crippen LogP contribution is 2.42. The molecule has 148 valence electrons. The van der Waals surface area contributed by atoms with E-state index in [0.29, 0.717) is 5.92 Å². The number of halogens is 3. The van der Waals surface area contributed by atoms with Crippen LogP contribution in [0.4, 0.5) is 13.2 Å². The van der Waals surface area contributed by atoms with Crippen LogP contribution in [0.15, 0.2) is 29.3 Å². The SMILES string of the molecule is CN1CCC(c2cnc(-c3cc(SC(F)(F)F)cc(C(C)(C)C)c3)s2)CC1. The molecule has 0 saturated carbocycles. The average molecular weight is 415 g/mol. The van der Waals surface area contributed by atoms with Crippen molar-refractivity contribution in [2.24, 2.45) is 0 Å². The van der Waals surface area contributed by atoms with Gasteiger partial charge in [0.15, 0.2) is 0 Å². The number of thioether (sulfide) groups is 1. The normalized spacial score (nSPS) is 17.4. The fourth-order valence-corrected chi connectivity index (χ4v) is 4.96. The quantitative estimate of drug-likeness (QED) is 0.531. The average Bonchev–Trinajstić information content (AvgIpc) is 3.03. The molecule has 1 aliphatic heterocycles. The summed E-state index contributed by atoms with van der Waals surface area (Å²) in [5.74, 6) is 0.502. The summed E-state index contributed by atoms with van der Waals surface area (Å²) in [5, 5.41) is 0.805. The predicted molar refractivity (Wildman–Crippen MR) is 108 cm³/mol. The van der Waals surface area contributed by atoms with E-state index in [1.807, 2.05) is 33.0 Å². The number of rotatable bonds is 3. The van der Waals surface area contributed by atoms with Crippen LogP contribution in [0.5, 0.6) is 0 Å². The fraction of sp³-hybridized carbons (Fsp3) is 0.550. The van der Waals surface area contributed by atoms with E-state index in [2.05, 4.69) is 16.9 Å². The lowest BCUT2D eigenvalue weighted by molar-refractivity contribution is -0.0328. The van der Waals surface area contributed by atoms with Gasteiger partial charge in [0.1, 0.15) is 5.01 Å². The van der Waals surface area contributed by atoms with E-state index in [9.17, 15) is 13.2 Å².